The van der Waals surface area contributed by atoms with Crippen molar-refractivity contribution in [3.8, 4) is 5.75 Å². The van der Waals surface area contributed by atoms with Crippen molar-refractivity contribution >= 4 is 5.91 Å². The molecule has 0 radical (unpaired) electrons. The SMILES string of the molecule is Cc1cccc(OCC(=O)N(Cc2ccco2)CC(F)(F)F)c1. The van der Waals surface area contributed by atoms with Gasteiger partial charge in [0.25, 0.3) is 5.91 Å². The lowest BCUT2D eigenvalue weighted by Crippen LogP contribution is -2.40. The van der Waals surface area contributed by atoms with Crippen LogP contribution in [0.2, 0.25) is 0 Å². The summed E-state index contributed by atoms with van der Waals surface area (Å²) in [6.07, 6.45) is -3.15. The van der Waals surface area contributed by atoms with Gasteiger partial charge in [-0.2, -0.15) is 13.2 Å². The minimum Gasteiger partial charge on any atom is -0.484 e. The molecule has 1 aromatic carbocycles. The molecule has 0 saturated heterocycles. The van der Waals surface area contributed by atoms with Gasteiger partial charge in [0, 0.05) is 0 Å². The van der Waals surface area contributed by atoms with E-state index in [4.69, 9.17) is 9.15 Å². The fourth-order valence-electron chi connectivity index (χ4n) is 1.98. The standard InChI is InChI=1S/C16H16F3NO3/c1-12-4-2-5-13(8-12)23-10-15(21)20(11-16(17,18)19)9-14-6-3-7-22-14/h2-8H,9-11H2,1H3. The normalized spacial score (nSPS) is 11.3. The average Bonchev–Trinajstić information content (AvgIpc) is 2.96. The summed E-state index contributed by atoms with van der Waals surface area (Å²) in [5.41, 5.74) is 0.928. The Bertz CT molecular complexity index is 638. The van der Waals surface area contributed by atoms with E-state index in [1.807, 2.05) is 13.0 Å². The number of benzene rings is 1. The van der Waals surface area contributed by atoms with Crippen LogP contribution in [0.5, 0.6) is 5.75 Å². The quantitative estimate of drug-likeness (QED) is 0.815. The number of alkyl halides is 3. The van der Waals surface area contributed by atoms with E-state index in [1.54, 1.807) is 24.3 Å². The van der Waals surface area contributed by atoms with Crippen molar-refractivity contribution < 1.29 is 27.1 Å². The minimum absolute atomic E-state index is 0.261. The third-order valence-corrected chi connectivity index (χ3v) is 3.00. The van der Waals surface area contributed by atoms with E-state index in [1.165, 1.54) is 12.3 Å². The average molecular weight is 327 g/mol. The molecule has 1 heterocycles. The number of aryl methyl sites for hydroxylation is 1. The van der Waals surface area contributed by atoms with Crippen LogP contribution in [-0.4, -0.2) is 30.1 Å². The Hall–Kier alpha value is -2.44. The predicted molar refractivity (Wildman–Crippen MR) is 76.9 cm³/mol. The summed E-state index contributed by atoms with van der Waals surface area (Å²) in [4.78, 5) is 12.7. The smallest absolute Gasteiger partial charge is 0.406 e. The van der Waals surface area contributed by atoms with E-state index in [2.05, 4.69) is 0 Å². The van der Waals surface area contributed by atoms with Crippen LogP contribution < -0.4 is 4.74 Å². The number of ether oxygens (including phenoxy) is 1. The zero-order valence-electron chi connectivity index (χ0n) is 12.5. The molecular weight excluding hydrogens is 311 g/mol. The van der Waals surface area contributed by atoms with Crippen molar-refractivity contribution in [1.29, 1.82) is 0 Å². The van der Waals surface area contributed by atoms with Crippen molar-refractivity contribution in [2.45, 2.75) is 19.6 Å². The molecule has 2 rings (SSSR count). The second-order valence-corrected chi connectivity index (χ2v) is 5.05. The number of furan rings is 1. The van der Waals surface area contributed by atoms with Gasteiger partial charge in [-0.3, -0.25) is 4.79 Å². The van der Waals surface area contributed by atoms with E-state index in [0.717, 1.165) is 5.56 Å². The van der Waals surface area contributed by atoms with E-state index in [0.29, 0.717) is 10.6 Å². The van der Waals surface area contributed by atoms with Gasteiger partial charge in [0.15, 0.2) is 6.61 Å². The monoisotopic (exact) mass is 327 g/mol. The Labute approximate surface area is 131 Å². The van der Waals surface area contributed by atoms with Crippen LogP contribution in [0.3, 0.4) is 0 Å². The van der Waals surface area contributed by atoms with Crippen LogP contribution in [0.25, 0.3) is 0 Å². The molecule has 0 unspecified atom stereocenters. The maximum absolute atomic E-state index is 12.6. The first kappa shape index (κ1) is 16.9. The van der Waals surface area contributed by atoms with E-state index in [9.17, 15) is 18.0 Å². The summed E-state index contributed by atoms with van der Waals surface area (Å²) < 4.78 is 48.2. The summed E-state index contributed by atoms with van der Waals surface area (Å²) in [6.45, 7) is -0.242. The summed E-state index contributed by atoms with van der Waals surface area (Å²) in [5.74, 6) is -0.0540. The van der Waals surface area contributed by atoms with Gasteiger partial charge in [-0.05, 0) is 36.8 Å². The molecule has 7 heteroatoms. The Morgan fingerprint density at radius 3 is 2.65 bits per heavy atom. The fraction of sp³-hybridized carbons (Fsp3) is 0.312. The van der Waals surface area contributed by atoms with Gasteiger partial charge < -0.3 is 14.1 Å². The zero-order valence-corrected chi connectivity index (χ0v) is 12.5. The Kier molecular flexibility index (Phi) is 5.31. The maximum Gasteiger partial charge on any atom is 0.406 e. The molecule has 23 heavy (non-hydrogen) atoms. The van der Waals surface area contributed by atoms with Crippen molar-refractivity contribution in [3.05, 3.63) is 54.0 Å². The Morgan fingerprint density at radius 1 is 1.26 bits per heavy atom. The lowest BCUT2D eigenvalue weighted by Gasteiger charge is -2.23. The lowest BCUT2D eigenvalue weighted by atomic mass is 10.2. The maximum atomic E-state index is 12.6. The van der Waals surface area contributed by atoms with Crippen LogP contribution in [0.4, 0.5) is 13.2 Å². The third kappa shape index (κ3) is 5.69. The molecule has 4 nitrogen and oxygen atoms in total. The summed E-state index contributed by atoms with van der Waals surface area (Å²) >= 11 is 0. The first-order chi connectivity index (χ1) is 10.8. The van der Waals surface area contributed by atoms with Gasteiger partial charge in [-0.1, -0.05) is 12.1 Å². The molecule has 0 N–H and O–H groups in total. The van der Waals surface area contributed by atoms with Crippen molar-refractivity contribution in [3.63, 3.8) is 0 Å². The number of nitrogens with zero attached hydrogens (tertiary/aromatic N) is 1. The molecule has 0 saturated carbocycles. The van der Waals surface area contributed by atoms with Crippen LogP contribution in [0.1, 0.15) is 11.3 Å². The highest BCUT2D eigenvalue weighted by Crippen LogP contribution is 2.19. The lowest BCUT2D eigenvalue weighted by molar-refractivity contribution is -0.164. The van der Waals surface area contributed by atoms with Gasteiger partial charge in [0.2, 0.25) is 0 Å². The third-order valence-electron chi connectivity index (χ3n) is 3.00. The number of amides is 1. The highest BCUT2D eigenvalue weighted by Gasteiger charge is 2.33. The van der Waals surface area contributed by atoms with Gasteiger partial charge in [0.05, 0.1) is 12.8 Å². The van der Waals surface area contributed by atoms with Gasteiger partial charge >= 0.3 is 6.18 Å². The second-order valence-electron chi connectivity index (χ2n) is 5.05. The summed E-state index contributed by atoms with van der Waals surface area (Å²) in [7, 11) is 0. The number of carbonyl (C=O) groups is 1. The number of rotatable bonds is 6. The van der Waals surface area contributed by atoms with Crippen LogP contribution in [0, 0.1) is 6.92 Å². The molecule has 0 atom stereocenters. The Morgan fingerprint density at radius 2 is 2.04 bits per heavy atom. The van der Waals surface area contributed by atoms with Crippen molar-refractivity contribution in [2.75, 3.05) is 13.2 Å². The van der Waals surface area contributed by atoms with Crippen LogP contribution in [0.15, 0.2) is 47.1 Å². The number of halogens is 3. The summed E-state index contributed by atoms with van der Waals surface area (Å²) in [5, 5.41) is 0. The van der Waals surface area contributed by atoms with Crippen LogP contribution in [-0.2, 0) is 11.3 Å². The summed E-state index contributed by atoms with van der Waals surface area (Å²) in [6, 6.07) is 9.99. The largest absolute Gasteiger partial charge is 0.484 e. The van der Waals surface area contributed by atoms with Gasteiger partial charge in [-0.25, -0.2) is 0 Å². The minimum atomic E-state index is -4.49. The predicted octanol–water partition coefficient (Wildman–Crippen LogP) is 3.56. The molecule has 0 aliphatic heterocycles. The highest BCUT2D eigenvalue weighted by atomic mass is 19.4. The highest BCUT2D eigenvalue weighted by molar-refractivity contribution is 5.77. The number of carbonyl (C=O) groups excluding carboxylic acids is 1. The molecule has 1 amide bonds. The Balaban J connectivity index is 2.00. The number of hydrogen-bond donors (Lipinski definition) is 0. The number of hydrogen-bond acceptors (Lipinski definition) is 3. The van der Waals surface area contributed by atoms with E-state index < -0.39 is 25.2 Å². The van der Waals surface area contributed by atoms with Gasteiger partial charge in [-0.15, -0.1) is 0 Å². The molecule has 0 aliphatic carbocycles. The fourth-order valence-corrected chi connectivity index (χ4v) is 1.98. The molecule has 124 valence electrons. The second kappa shape index (κ2) is 7.21. The topological polar surface area (TPSA) is 42.7 Å². The van der Waals surface area contributed by atoms with Crippen molar-refractivity contribution in [2.24, 2.45) is 0 Å². The van der Waals surface area contributed by atoms with Gasteiger partial charge in [0.1, 0.15) is 18.1 Å². The first-order valence-electron chi connectivity index (χ1n) is 6.90. The molecule has 0 spiro atoms. The van der Waals surface area contributed by atoms with Crippen LogP contribution >= 0.6 is 0 Å². The molecule has 0 bridgehead atoms. The molecule has 0 aliphatic rings. The zero-order chi connectivity index (χ0) is 16.9. The molecule has 0 fully saturated rings. The molecular formula is C16H16F3NO3. The van der Waals surface area contributed by atoms with Crippen molar-refractivity contribution in [1.82, 2.24) is 4.90 Å². The molecule has 2 aromatic rings. The first-order valence-corrected chi connectivity index (χ1v) is 6.90. The van der Waals surface area contributed by atoms with E-state index >= 15 is 0 Å². The molecule has 1 aromatic heterocycles. The van der Waals surface area contributed by atoms with E-state index in [-0.39, 0.29) is 12.3 Å².